The van der Waals surface area contributed by atoms with Crippen molar-refractivity contribution in [3.63, 3.8) is 0 Å². The van der Waals surface area contributed by atoms with Crippen LogP contribution in [0.3, 0.4) is 0 Å². The topological polar surface area (TPSA) is 122 Å². The third-order valence-corrected chi connectivity index (χ3v) is 6.22. The molecule has 0 saturated heterocycles. The number of carbonyl (C=O) groups excluding carboxylic acids is 1. The Kier molecular flexibility index (Phi) is 5.83. The molecule has 5 aromatic rings. The van der Waals surface area contributed by atoms with Gasteiger partial charge in [-0.3, -0.25) is 14.0 Å². The van der Waals surface area contributed by atoms with Crippen LogP contribution in [0.1, 0.15) is 16.8 Å². The largest absolute Gasteiger partial charge is 0.481 e. The monoisotopic (exact) mass is 492 g/mol. The zero-order chi connectivity index (χ0) is 23.7. The van der Waals surface area contributed by atoms with Crippen molar-refractivity contribution in [2.24, 2.45) is 0 Å². The van der Waals surface area contributed by atoms with E-state index < -0.39 is 11.9 Å². The number of carboxylic acid groups (broad SMARTS) is 1. The first-order valence-corrected chi connectivity index (χ1v) is 11.4. The van der Waals surface area contributed by atoms with Gasteiger partial charge in [0.05, 0.1) is 22.2 Å². The number of carbonyl (C=O) groups is 2. The van der Waals surface area contributed by atoms with E-state index in [0.717, 1.165) is 26.6 Å². The molecule has 3 N–H and O–H groups in total. The minimum absolute atomic E-state index is 0.0341. The number of nitrogens with zero attached hydrogens (tertiary/aromatic N) is 4. The molecule has 0 spiro atoms. The van der Waals surface area contributed by atoms with Crippen LogP contribution in [0.25, 0.3) is 27.3 Å². The summed E-state index contributed by atoms with van der Waals surface area (Å²) >= 11 is 7.58. The number of halogens is 1. The number of carboxylic acids is 1. The van der Waals surface area contributed by atoms with E-state index in [9.17, 15) is 9.59 Å². The number of rotatable bonds is 7. The zero-order valence-electron chi connectivity index (χ0n) is 17.5. The number of fused-ring (bicyclic) bond motifs is 2. The number of aromatic nitrogens is 4. The molecule has 0 bridgehead atoms. The lowest BCUT2D eigenvalue weighted by molar-refractivity contribution is -0.136. The van der Waals surface area contributed by atoms with Gasteiger partial charge in [-0.25, -0.2) is 4.98 Å². The van der Waals surface area contributed by atoms with Crippen molar-refractivity contribution in [2.75, 3.05) is 11.9 Å². The Bertz CT molecular complexity index is 1530. The molecule has 34 heavy (non-hydrogen) atoms. The number of nitrogens with one attached hydrogen (secondary N) is 2. The second kappa shape index (κ2) is 9.08. The summed E-state index contributed by atoms with van der Waals surface area (Å²) in [6, 6.07) is 16.6. The van der Waals surface area contributed by atoms with E-state index in [-0.39, 0.29) is 13.0 Å². The Hall–Kier alpha value is -4.02. The molecule has 0 saturated carbocycles. The fourth-order valence-electron chi connectivity index (χ4n) is 3.45. The maximum Gasteiger partial charge on any atom is 0.305 e. The molecule has 9 nitrogen and oxygen atoms in total. The first kappa shape index (κ1) is 21.8. The van der Waals surface area contributed by atoms with Gasteiger partial charge >= 0.3 is 5.97 Å². The van der Waals surface area contributed by atoms with Crippen molar-refractivity contribution in [1.82, 2.24) is 24.9 Å². The summed E-state index contributed by atoms with van der Waals surface area (Å²) in [6.07, 6.45) is 1.62. The van der Waals surface area contributed by atoms with Gasteiger partial charge in [0, 0.05) is 29.0 Å². The van der Waals surface area contributed by atoms with Gasteiger partial charge < -0.3 is 15.7 Å². The smallest absolute Gasteiger partial charge is 0.305 e. The lowest BCUT2D eigenvalue weighted by Gasteiger charge is -2.06. The van der Waals surface area contributed by atoms with Crippen molar-refractivity contribution in [1.29, 1.82) is 0 Å². The fourth-order valence-corrected chi connectivity index (χ4v) is 4.61. The normalized spacial score (nSPS) is 11.1. The SMILES string of the molecule is O=C(O)CCNC(=O)c1cccn2c(-c3ccc(Nc4nc5ccc(Cl)cc5s4)cc3)nnc12. The second-order valence-corrected chi connectivity index (χ2v) is 8.84. The van der Waals surface area contributed by atoms with Crippen molar-refractivity contribution in [2.45, 2.75) is 6.42 Å². The molecule has 2 aromatic carbocycles. The summed E-state index contributed by atoms with van der Waals surface area (Å²) in [4.78, 5) is 27.7. The van der Waals surface area contributed by atoms with Crippen LogP contribution in [-0.4, -0.2) is 43.1 Å². The van der Waals surface area contributed by atoms with Crippen LogP contribution in [0, 0.1) is 0 Å². The molecule has 3 aromatic heterocycles. The van der Waals surface area contributed by atoms with E-state index in [0.29, 0.717) is 22.1 Å². The number of benzene rings is 2. The molecule has 0 aliphatic heterocycles. The highest BCUT2D eigenvalue weighted by Gasteiger charge is 2.16. The van der Waals surface area contributed by atoms with Gasteiger partial charge in [-0.2, -0.15) is 0 Å². The Morgan fingerprint density at radius 3 is 2.71 bits per heavy atom. The van der Waals surface area contributed by atoms with Crippen LogP contribution < -0.4 is 10.6 Å². The van der Waals surface area contributed by atoms with Crippen molar-refractivity contribution in [3.8, 4) is 11.4 Å². The van der Waals surface area contributed by atoms with E-state index >= 15 is 0 Å². The molecule has 1 amide bonds. The number of thiazole rings is 1. The molecule has 0 radical (unpaired) electrons. The molecule has 0 aliphatic rings. The summed E-state index contributed by atoms with van der Waals surface area (Å²) in [6.45, 7) is 0.0341. The number of anilines is 2. The van der Waals surface area contributed by atoms with Crippen LogP contribution in [0.15, 0.2) is 60.8 Å². The van der Waals surface area contributed by atoms with Gasteiger partial charge in [-0.1, -0.05) is 22.9 Å². The van der Waals surface area contributed by atoms with E-state index in [2.05, 4.69) is 25.8 Å². The Labute approximate surface area is 202 Å². The third kappa shape index (κ3) is 4.41. The quantitative estimate of drug-likeness (QED) is 0.303. The highest BCUT2D eigenvalue weighted by Crippen LogP contribution is 2.31. The van der Waals surface area contributed by atoms with Gasteiger partial charge in [-0.15, -0.1) is 10.2 Å². The molecule has 0 fully saturated rings. The average Bonchev–Trinajstić information content (AvgIpc) is 3.42. The van der Waals surface area contributed by atoms with Gasteiger partial charge in [0.25, 0.3) is 5.91 Å². The molecule has 3 heterocycles. The maximum absolute atomic E-state index is 12.5. The molecule has 170 valence electrons. The number of hydrogen-bond donors (Lipinski definition) is 3. The molecule has 5 rings (SSSR count). The van der Waals surface area contributed by atoms with Gasteiger partial charge in [0.2, 0.25) is 0 Å². The molecule has 0 atom stereocenters. The number of hydrogen-bond acceptors (Lipinski definition) is 7. The van der Waals surface area contributed by atoms with Crippen LogP contribution in [0.5, 0.6) is 0 Å². The standard InChI is InChI=1S/C23H17ClN6O3S/c24-14-5-8-17-18(12-14)34-23(27-17)26-15-6-3-13(4-7-15)20-28-29-21-16(2-1-11-30(20)21)22(33)25-10-9-19(31)32/h1-8,11-12H,9-10H2,(H,25,33)(H,26,27)(H,31,32). The minimum Gasteiger partial charge on any atom is -0.481 e. The predicted molar refractivity (Wildman–Crippen MR) is 131 cm³/mol. The van der Waals surface area contributed by atoms with Crippen LogP contribution >= 0.6 is 22.9 Å². The first-order valence-electron chi connectivity index (χ1n) is 10.3. The number of pyridine rings is 1. The van der Waals surface area contributed by atoms with Crippen LogP contribution in [-0.2, 0) is 4.79 Å². The predicted octanol–water partition coefficient (Wildman–Crippen LogP) is 4.61. The lowest BCUT2D eigenvalue weighted by atomic mass is 10.2. The van der Waals surface area contributed by atoms with Gasteiger partial charge in [0.15, 0.2) is 16.6 Å². The summed E-state index contributed by atoms with van der Waals surface area (Å²) in [7, 11) is 0. The van der Waals surface area contributed by atoms with E-state index in [1.165, 1.54) is 11.3 Å². The fraction of sp³-hybridized carbons (Fsp3) is 0.0870. The summed E-state index contributed by atoms with van der Waals surface area (Å²) < 4.78 is 2.73. The van der Waals surface area contributed by atoms with Crippen molar-refractivity contribution in [3.05, 3.63) is 71.4 Å². The van der Waals surface area contributed by atoms with Gasteiger partial charge in [0.1, 0.15) is 0 Å². The molecule has 11 heteroatoms. The van der Waals surface area contributed by atoms with Crippen LogP contribution in [0.4, 0.5) is 10.8 Å². The Balaban J connectivity index is 1.36. The maximum atomic E-state index is 12.5. The Morgan fingerprint density at radius 1 is 1.09 bits per heavy atom. The highest BCUT2D eigenvalue weighted by atomic mass is 35.5. The van der Waals surface area contributed by atoms with Crippen molar-refractivity contribution >= 4 is 61.5 Å². The van der Waals surface area contributed by atoms with E-state index in [1.54, 1.807) is 22.7 Å². The van der Waals surface area contributed by atoms with Crippen molar-refractivity contribution < 1.29 is 14.7 Å². The lowest BCUT2D eigenvalue weighted by Crippen LogP contribution is -2.26. The first-order chi connectivity index (χ1) is 16.5. The summed E-state index contributed by atoms with van der Waals surface area (Å²) in [5.74, 6) is -0.799. The summed E-state index contributed by atoms with van der Waals surface area (Å²) in [5, 5.41) is 24.5. The second-order valence-electron chi connectivity index (χ2n) is 7.37. The Morgan fingerprint density at radius 2 is 1.91 bits per heavy atom. The number of aliphatic carboxylic acids is 1. The minimum atomic E-state index is -0.978. The van der Waals surface area contributed by atoms with Gasteiger partial charge in [-0.05, 0) is 54.6 Å². The third-order valence-electron chi connectivity index (χ3n) is 5.05. The molecular weight excluding hydrogens is 476 g/mol. The van der Waals surface area contributed by atoms with E-state index in [1.807, 2.05) is 42.5 Å². The zero-order valence-corrected chi connectivity index (χ0v) is 19.1. The molecule has 0 aliphatic carbocycles. The average molecular weight is 493 g/mol. The van der Waals surface area contributed by atoms with E-state index in [4.69, 9.17) is 16.7 Å². The summed E-state index contributed by atoms with van der Waals surface area (Å²) in [5.41, 5.74) is 3.27. The number of amides is 1. The van der Waals surface area contributed by atoms with Crippen LogP contribution in [0.2, 0.25) is 5.02 Å². The highest BCUT2D eigenvalue weighted by molar-refractivity contribution is 7.22. The molecule has 0 unspecified atom stereocenters. The molecular formula is C23H17ClN6O3S.